The molecule has 154 valence electrons. The summed E-state index contributed by atoms with van der Waals surface area (Å²) in [5.41, 5.74) is 1.27. The van der Waals surface area contributed by atoms with Crippen molar-refractivity contribution in [3.8, 4) is 23.0 Å². The molecule has 0 aliphatic carbocycles. The second-order valence-electron chi connectivity index (χ2n) is 6.73. The second-order valence-corrected chi connectivity index (χ2v) is 7.14. The summed E-state index contributed by atoms with van der Waals surface area (Å²) in [5, 5.41) is 3.15. The van der Waals surface area contributed by atoms with E-state index in [1.165, 1.54) is 6.08 Å². The predicted molar refractivity (Wildman–Crippen MR) is 113 cm³/mol. The summed E-state index contributed by atoms with van der Waals surface area (Å²) < 4.78 is 22.3. The lowest BCUT2D eigenvalue weighted by Gasteiger charge is -2.13. The van der Waals surface area contributed by atoms with E-state index >= 15 is 0 Å². The van der Waals surface area contributed by atoms with E-state index in [2.05, 4.69) is 5.32 Å². The summed E-state index contributed by atoms with van der Waals surface area (Å²) in [6.07, 6.45) is 3.95. The molecule has 1 aliphatic rings. The van der Waals surface area contributed by atoms with Gasteiger partial charge in [-0.3, -0.25) is 4.79 Å². The number of halogens is 1. The molecule has 1 aliphatic heterocycles. The normalized spacial score (nSPS) is 13.3. The fraction of sp³-hybridized carbons (Fsp3) is 0.318. The number of ether oxygens (including phenoxy) is 4. The van der Waals surface area contributed by atoms with Gasteiger partial charge in [0.25, 0.3) is 0 Å². The van der Waals surface area contributed by atoms with E-state index in [0.29, 0.717) is 46.9 Å². The number of benzene rings is 2. The highest BCUT2D eigenvalue weighted by atomic mass is 35.5. The Bertz CT molecular complexity index is 910. The molecule has 2 aromatic carbocycles. The number of hydrogen-bond donors (Lipinski definition) is 1. The lowest BCUT2D eigenvalue weighted by Crippen LogP contribution is -2.08. The van der Waals surface area contributed by atoms with Crippen molar-refractivity contribution >= 4 is 29.3 Å². The molecule has 6 nitrogen and oxygen atoms in total. The van der Waals surface area contributed by atoms with Crippen LogP contribution in [0.5, 0.6) is 23.0 Å². The molecule has 1 heterocycles. The summed E-state index contributed by atoms with van der Waals surface area (Å²) in [7, 11) is 1.58. The summed E-state index contributed by atoms with van der Waals surface area (Å²) in [6.45, 7) is 5.02. The van der Waals surface area contributed by atoms with Crippen LogP contribution < -0.4 is 24.3 Å². The number of hydrogen-bond acceptors (Lipinski definition) is 5. The lowest BCUT2D eigenvalue weighted by molar-refractivity contribution is -0.111. The van der Waals surface area contributed by atoms with E-state index in [1.807, 2.05) is 32.0 Å². The molecule has 3 rings (SSSR count). The highest BCUT2D eigenvalue weighted by Gasteiger charge is 2.15. The third-order valence-corrected chi connectivity index (χ3v) is 4.39. The predicted octanol–water partition coefficient (Wildman–Crippen LogP) is 4.95. The molecule has 0 aromatic heterocycles. The Morgan fingerprint density at radius 3 is 2.55 bits per heavy atom. The first kappa shape index (κ1) is 20.9. The van der Waals surface area contributed by atoms with Gasteiger partial charge in [-0.1, -0.05) is 17.7 Å². The molecule has 0 radical (unpaired) electrons. The number of amides is 1. The topological polar surface area (TPSA) is 66.0 Å². The molecular formula is C22H24ClNO5. The van der Waals surface area contributed by atoms with Crippen molar-refractivity contribution in [1.82, 2.24) is 0 Å². The second kappa shape index (κ2) is 9.56. The van der Waals surface area contributed by atoms with Gasteiger partial charge in [-0.25, -0.2) is 0 Å². The van der Waals surface area contributed by atoms with Gasteiger partial charge in [-0.05, 0) is 37.6 Å². The standard InChI is InChI=1S/C22H24ClNO5/c1-14(2)29-18-7-5-15(11-19(18)26-3)6-8-22(25)24-17-13-21-20(12-16(17)23)27-9-4-10-28-21/h5-8,11-14H,4,9-10H2,1-3H3,(H,24,25)/b8-6+. The maximum atomic E-state index is 12.4. The van der Waals surface area contributed by atoms with Crippen LogP contribution in [0.15, 0.2) is 36.4 Å². The van der Waals surface area contributed by atoms with Crippen molar-refractivity contribution < 1.29 is 23.7 Å². The van der Waals surface area contributed by atoms with Crippen LogP contribution in [0, 0.1) is 0 Å². The molecule has 2 aromatic rings. The Labute approximate surface area is 175 Å². The molecular weight excluding hydrogens is 394 g/mol. The minimum atomic E-state index is -0.317. The summed E-state index contributed by atoms with van der Waals surface area (Å²) in [5.74, 6) is 2.09. The van der Waals surface area contributed by atoms with Crippen LogP contribution in [-0.4, -0.2) is 32.3 Å². The minimum Gasteiger partial charge on any atom is -0.493 e. The summed E-state index contributed by atoms with van der Waals surface area (Å²) in [6, 6.07) is 8.80. The molecule has 0 saturated heterocycles. The quantitative estimate of drug-likeness (QED) is 0.673. The van der Waals surface area contributed by atoms with Crippen LogP contribution in [-0.2, 0) is 4.79 Å². The van der Waals surface area contributed by atoms with E-state index in [4.69, 9.17) is 30.5 Å². The van der Waals surface area contributed by atoms with Gasteiger partial charge in [-0.2, -0.15) is 0 Å². The molecule has 0 atom stereocenters. The SMILES string of the molecule is COc1cc(/C=C/C(=O)Nc2cc3c(cc2Cl)OCCCO3)ccc1OC(C)C. The molecule has 0 spiro atoms. The van der Waals surface area contributed by atoms with Gasteiger partial charge < -0.3 is 24.3 Å². The van der Waals surface area contributed by atoms with Crippen LogP contribution in [0.1, 0.15) is 25.8 Å². The maximum absolute atomic E-state index is 12.4. The Morgan fingerprint density at radius 1 is 1.14 bits per heavy atom. The lowest BCUT2D eigenvalue weighted by atomic mass is 10.2. The average molecular weight is 418 g/mol. The van der Waals surface area contributed by atoms with E-state index in [-0.39, 0.29) is 12.0 Å². The number of nitrogens with one attached hydrogen (secondary N) is 1. The van der Waals surface area contributed by atoms with Crippen LogP contribution in [0.4, 0.5) is 5.69 Å². The van der Waals surface area contributed by atoms with E-state index < -0.39 is 0 Å². The number of carbonyl (C=O) groups is 1. The number of fused-ring (bicyclic) bond motifs is 1. The molecule has 0 saturated carbocycles. The first-order chi connectivity index (χ1) is 14.0. The van der Waals surface area contributed by atoms with Crippen LogP contribution in [0.25, 0.3) is 6.08 Å². The zero-order chi connectivity index (χ0) is 20.8. The van der Waals surface area contributed by atoms with E-state index in [9.17, 15) is 4.79 Å². The van der Waals surface area contributed by atoms with Crippen molar-refractivity contribution in [2.45, 2.75) is 26.4 Å². The molecule has 29 heavy (non-hydrogen) atoms. The number of carbonyl (C=O) groups excluding carboxylic acids is 1. The van der Waals surface area contributed by atoms with Gasteiger partial charge >= 0.3 is 0 Å². The Hall–Kier alpha value is -2.86. The summed E-state index contributed by atoms with van der Waals surface area (Å²) >= 11 is 6.27. The molecule has 7 heteroatoms. The van der Waals surface area contributed by atoms with Gasteiger partial charge in [0.15, 0.2) is 23.0 Å². The third kappa shape index (κ3) is 5.57. The van der Waals surface area contributed by atoms with Gasteiger partial charge in [0, 0.05) is 24.6 Å². The van der Waals surface area contributed by atoms with Gasteiger partial charge in [0.05, 0.1) is 37.1 Å². The van der Waals surface area contributed by atoms with Crippen molar-refractivity contribution in [3.63, 3.8) is 0 Å². The zero-order valence-electron chi connectivity index (χ0n) is 16.7. The highest BCUT2D eigenvalue weighted by molar-refractivity contribution is 6.34. The van der Waals surface area contributed by atoms with Crippen LogP contribution in [0.2, 0.25) is 5.02 Å². The number of anilines is 1. The largest absolute Gasteiger partial charge is 0.493 e. The molecule has 0 unspecified atom stereocenters. The van der Waals surface area contributed by atoms with Crippen molar-refractivity contribution in [2.24, 2.45) is 0 Å². The van der Waals surface area contributed by atoms with Crippen LogP contribution >= 0.6 is 11.6 Å². The molecule has 0 bridgehead atoms. The zero-order valence-corrected chi connectivity index (χ0v) is 17.4. The number of rotatable bonds is 6. The average Bonchev–Trinajstić information content (AvgIpc) is 2.92. The Kier molecular flexibility index (Phi) is 6.88. The third-order valence-electron chi connectivity index (χ3n) is 4.07. The molecule has 0 fully saturated rings. The first-order valence-corrected chi connectivity index (χ1v) is 9.77. The fourth-order valence-corrected chi connectivity index (χ4v) is 2.97. The summed E-state index contributed by atoms with van der Waals surface area (Å²) in [4.78, 5) is 12.4. The van der Waals surface area contributed by atoms with E-state index in [0.717, 1.165) is 12.0 Å². The molecule has 1 amide bonds. The molecule has 1 N–H and O–H groups in total. The van der Waals surface area contributed by atoms with Crippen molar-refractivity contribution in [1.29, 1.82) is 0 Å². The maximum Gasteiger partial charge on any atom is 0.248 e. The minimum absolute atomic E-state index is 0.0381. The van der Waals surface area contributed by atoms with Crippen LogP contribution in [0.3, 0.4) is 0 Å². The number of methoxy groups -OCH3 is 1. The smallest absolute Gasteiger partial charge is 0.248 e. The van der Waals surface area contributed by atoms with Gasteiger partial charge in [0.2, 0.25) is 5.91 Å². The monoisotopic (exact) mass is 417 g/mol. The Morgan fingerprint density at radius 2 is 1.86 bits per heavy atom. The van der Waals surface area contributed by atoms with Gasteiger partial charge in [0.1, 0.15) is 0 Å². The highest BCUT2D eigenvalue weighted by Crippen LogP contribution is 2.37. The van der Waals surface area contributed by atoms with Gasteiger partial charge in [-0.15, -0.1) is 0 Å². The van der Waals surface area contributed by atoms with Crippen molar-refractivity contribution in [3.05, 3.63) is 47.0 Å². The Balaban J connectivity index is 1.71. The first-order valence-electron chi connectivity index (χ1n) is 9.39. The van der Waals surface area contributed by atoms with E-state index in [1.54, 1.807) is 25.3 Å². The van der Waals surface area contributed by atoms with Crippen molar-refractivity contribution in [2.75, 3.05) is 25.6 Å². The fourth-order valence-electron chi connectivity index (χ4n) is 2.77.